The van der Waals surface area contributed by atoms with E-state index in [4.69, 9.17) is 9.47 Å². The summed E-state index contributed by atoms with van der Waals surface area (Å²) in [5.41, 5.74) is 0.524. The summed E-state index contributed by atoms with van der Waals surface area (Å²) in [4.78, 5) is 29.7. The summed E-state index contributed by atoms with van der Waals surface area (Å²) >= 11 is 1.46. The molecule has 0 saturated carbocycles. The lowest BCUT2D eigenvalue weighted by Crippen LogP contribution is -2.49. The highest BCUT2D eigenvalue weighted by Crippen LogP contribution is 2.26. The SMILES string of the molecule is COc1ccc(C(=O)N2CCN(CC(=O)c3cccs3)CC2)c(OC)c1. The monoisotopic (exact) mass is 374 g/mol. The van der Waals surface area contributed by atoms with Crippen molar-refractivity contribution in [1.82, 2.24) is 9.80 Å². The molecule has 2 heterocycles. The number of ether oxygens (including phenoxy) is 2. The number of carbonyl (C=O) groups is 2. The molecule has 1 aromatic carbocycles. The van der Waals surface area contributed by atoms with Crippen LogP contribution in [0, 0.1) is 0 Å². The molecule has 0 unspecified atom stereocenters. The fourth-order valence-corrected chi connectivity index (χ4v) is 3.63. The average Bonchev–Trinajstić information content (AvgIpc) is 3.22. The van der Waals surface area contributed by atoms with Crippen LogP contribution in [0.1, 0.15) is 20.0 Å². The van der Waals surface area contributed by atoms with Crippen LogP contribution in [0.15, 0.2) is 35.7 Å². The molecule has 138 valence electrons. The third kappa shape index (κ3) is 4.05. The molecule has 7 heteroatoms. The molecule has 0 radical (unpaired) electrons. The Morgan fingerprint density at radius 3 is 2.46 bits per heavy atom. The molecule has 1 fully saturated rings. The quantitative estimate of drug-likeness (QED) is 0.727. The fourth-order valence-electron chi connectivity index (χ4n) is 2.97. The van der Waals surface area contributed by atoms with E-state index in [0.717, 1.165) is 4.88 Å². The maximum atomic E-state index is 12.8. The zero-order chi connectivity index (χ0) is 18.5. The minimum absolute atomic E-state index is 0.0614. The van der Waals surface area contributed by atoms with Gasteiger partial charge in [0.1, 0.15) is 11.5 Å². The van der Waals surface area contributed by atoms with Crippen LogP contribution in [0.5, 0.6) is 11.5 Å². The number of benzene rings is 1. The number of amides is 1. The van der Waals surface area contributed by atoms with Crippen molar-refractivity contribution in [2.45, 2.75) is 0 Å². The van der Waals surface area contributed by atoms with E-state index in [1.165, 1.54) is 11.3 Å². The normalized spacial score (nSPS) is 14.9. The van der Waals surface area contributed by atoms with Gasteiger partial charge in [-0.3, -0.25) is 14.5 Å². The largest absolute Gasteiger partial charge is 0.497 e. The molecule has 1 aliphatic rings. The number of ketones is 1. The van der Waals surface area contributed by atoms with Gasteiger partial charge in [-0.15, -0.1) is 11.3 Å². The van der Waals surface area contributed by atoms with Gasteiger partial charge in [-0.05, 0) is 23.6 Å². The number of methoxy groups -OCH3 is 2. The van der Waals surface area contributed by atoms with Crippen LogP contribution in [0.25, 0.3) is 0 Å². The topological polar surface area (TPSA) is 59.1 Å². The Morgan fingerprint density at radius 1 is 1.08 bits per heavy atom. The van der Waals surface area contributed by atoms with Crippen molar-refractivity contribution in [3.8, 4) is 11.5 Å². The van der Waals surface area contributed by atoms with Gasteiger partial charge in [0.15, 0.2) is 5.78 Å². The Morgan fingerprint density at radius 2 is 1.85 bits per heavy atom. The predicted octanol–water partition coefficient (Wildman–Crippen LogP) is 2.41. The van der Waals surface area contributed by atoms with E-state index in [1.807, 2.05) is 17.5 Å². The van der Waals surface area contributed by atoms with Crippen molar-refractivity contribution >= 4 is 23.0 Å². The Kier molecular flexibility index (Phi) is 5.90. The van der Waals surface area contributed by atoms with Gasteiger partial charge >= 0.3 is 0 Å². The number of thiophene rings is 1. The molecule has 0 N–H and O–H groups in total. The number of rotatable bonds is 6. The summed E-state index contributed by atoms with van der Waals surface area (Å²) in [6.45, 7) is 2.94. The number of carbonyl (C=O) groups excluding carboxylic acids is 2. The standard InChI is InChI=1S/C19H22N2O4S/c1-24-14-5-6-15(17(12-14)25-2)19(23)21-9-7-20(8-10-21)13-16(22)18-4-3-11-26-18/h3-6,11-12H,7-10,13H2,1-2H3. The molecule has 0 bridgehead atoms. The summed E-state index contributed by atoms with van der Waals surface area (Å²) in [7, 11) is 3.12. The highest BCUT2D eigenvalue weighted by atomic mass is 32.1. The maximum Gasteiger partial charge on any atom is 0.257 e. The highest BCUT2D eigenvalue weighted by molar-refractivity contribution is 7.12. The van der Waals surface area contributed by atoms with Crippen LogP contribution in [-0.4, -0.2) is 68.4 Å². The second-order valence-corrected chi connectivity index (χ2v) is 6.98. The Balaban J connectivity index is 1.59. The van der Waals surface area contributed by atoms with Crippen LogP contribution in [0.4, 0.5) is 0 Å². The van der Waals surface area contributed by atoms with Crippen LogP contribution >= 0.6 is 11.3 Å². The third-order valence-corrected chi connectivity index (χ3v) is 5.37. The maximum absolute atomic E-state index is 12.8. The molecule has 1 saturated heterocycles. The van der Waals surface area contributed by atoms with E-state index in [1.54, 1.807) is 37.3 Å². The second-order valence-electron chi connectivity index (χ2n) is 6.04. The lowest BCUT2D eigenvalue weighted by atomic mass is 10.1. The zero-order valence-corrected chi connectivity index (χ0v) is 15.8. The van der Waals surface area contributed by atoms with Crippen molar-refractivity contribution in [2.75, 3.05) is 46.9 Å². The Bertz CT molecular complexity index is 768. The average molecular weight is 374 g/mol. The third-order valence-electron chi connectivity index (χ3n) is 4.46. The van der Waals surface area contributed by atoms with Gasteiger partial charge in [0, 0.05) is 32.2 Å². The van der Waals surface area contributed by atoms with Gasteiger partial charge in [-0.2, -0.15) is 0 Å². The minimum Gasteiger partial charge on any atom is -0.497 e. The number of Topliss-reactive ketones (excluding diaryl/α,β-unsaturated/α-hetero) is 1. The lowest BCUT2D eigenvalue weighted by Gasteiger charge is -2.34. The molecule has 26 heavy (non-hydrogen) atoms. The number of hydrogen-bond acceptors (Lipinski definition) is 6. The van der Waals surface area contributed by atoms with Crippen LogP contribution in [0.2, 0.25) is 0 Å². The fraction of sp³-hybridized carbons (Fsp3) is 0.368. The molecule has 6 nitrogen and oxygen atoms in total. The predicted molar refractivity (Wildman–Crippen MR) is 101 cm³/mol. The van der Waals surface area contributed by atoms with Crippen molar-refractivity contribution in [1.29, 1.82) is 0 Å². The summed E-state index contributed by atoms with van der Waals surface area (Å²) < 4.78 is 10.5. The highest BCUT2D eigenvalue weighted by Gasteiger charge is 2.25. The van der Waals surface area contributed by atoms with Crippen molar-refractivity contribution in [2.24, 2.45) is 0 Å². The van der Waals surface area contributed by atoms with E-state index in [9.17, 15) is 9.59 Å². The summed E-state index contributed by atoms with van der Waals surface area (Å²) in [6.07, 6.45) is 0. The molecule has 3 rings (SSSR count). The smallest absolute Gasteiger partial charge is 0.257 e. The first kappa shape index (κ1) is 18.4. The first-order chi connectivity index (χ1) is 12.6. The molecule has 1 aliphatic heterocycles. The van der Waals surface area contributed by atoms with Gasteiger partial charge in [-0.1, -0.05) is 6.07 Å². The summed E-state index contributed by atoms with van der Waals surface area (Å²) in [6, 6.07) is 8.93. The first-order valence-corrected chi connectivity index (χ1v) is 9.30. The zero-order valence-electron chi connectivity index (χ0n) is 14.9. The lowest BCUT2D eigenvalue weighted by molar-refractivity contribution is 0.0622. The van der Waals surface area contributed by atoms with Crippen molar-refractivity contribution < 1.29 is 19.1 Å². The van der Waals surface area contributed by atoms with E-state index in [0.29, 0.717) is 49.8 Å². The van der Waals surface area contributed by atoms with E-state index < -0.39 is 0 Å². The van der Waals surface area contributed by atoms with E-state index in [2.05, 4.69) is 4.90 Å². The van der Waals surface area contributed by atoms with Gasteiger partial charge < -0.3 is 14.4 Å². The summed E-state index contributed by atoms with van der Waals surface area (Å²) in [5.74, 6) is 1.23. The molecule has 0 aliphatic carbocycles. The first-order valence-electron chi connectivity index (χ1n) is 8.42. The van der Waals surface area contributed by atoms with Gasteiger partial charge in [0.2, 0.25) is 0 Å². The molecule has 2 aromatic rings. The molecule has 1 aromatic heterocycles. The Hall–Kier alpha value is -2.38. The Labute approximate surface area is 156 Å². The van der Waals surface area contributed by atoms with Gasteiger partial charge in [0.25, 0.3) is 5.91 Å². The number of piperazine rings is 1. The van der Waals surface area contributed by atoms with Crippen molar-refractivity contribution in [3.05, 3.63) is 46.2 Å². The van der Waals surface area contributed by atoms with Crippen LogP contribution in [0.3, 0.4) is 0 Å². The van der Waals surface area contributed by atoms with Crippen molar-refractivity contribution in [3.63, 3.8) is 0 Å². The number of nitrogens with zero attached hydrogens (tertiary/aromatic N) is 2. The second kappa shape index (κ2) is 8.33. The van der Waals surface area contributed by atoms with Gasteiger partial charge in [-0.25, -0.2) is 0 Å². The minimum atomic E-state index is -0.0614. The molecule has 0 atom stereocenters. The number of hydrogen-bond donors (Lipinski definition) is 0. The van der Waals surface area contributed by atoms with Crippen LogP contribution < -0.4 is 9.47 Å². The van der Waals surface area contributed by atoms with E-state index in [-0.39, 0.29) is 11.7 Å². The summed E-state index contributed by atoms with van der Waals surface area (Å²) in [5, 5.41) is 1.91. The molecular weight excluding hydrogens is 352 g/mol. The van der Waals surface area contributed by atoms with Crippen LogP contribution in [-0.2, 0) is 0 Å². The molecular formula is C19H22N2O4S. The van der Waals surface area contributed by atoms with Gasteiger partial charge in [0.05, 0.1) is 31.2 Å². The van der Waals surface area contributed by atoms with E-state index >= 15 is 0 Å². The molecule has 0 spiro atoms. The molecule has 1 amide bonds.